The molecule has 0 aliphatic carbocycles. The molecule has 8 heteroatoms. The highest BCUT2D eigenvalue weighted by Crippen LogP contribution is 2.21. The van der Waals surface area contributed by atoms with E-state index in [0.717, 1.165) is 17.7 Å². The molecule has 5 N–H and O–H groups in total. The van der Waals surface area contributed by atoms with E-state index >= 15 is 0 Å². The van der Waals surface area contributed by atoms with Crippen molar-refractivity contribution in [1.29, 1.82) is 0 Å². The quantitative estimate of drug-likeness (QED) is 0.641. The summed E-state index contributed by atoms with van der Waals surface area (Å²) >= 11 is 0. The average molecular weight is 385 g/mol. The highest BCUT2D eigenvalue weighted by Gasteiger charge is 2.31. The summed E-state index contributed by atoms with van der Waals surface area (Å²) < 4.78 is 0. The van der Waals surface area contributed by atoms with E-state index in [-0.39, 0.29) is 37.3 Å². The van der Waals surface area contributed by atoms with Gasteiger partial charge in [-0.2, -0.15) is 0 Å². The number of benzene rings is 1. The van der Waals surface area contributed by atoms with E-state index in [1.165, 1.54) is 0 Å². The smallest absolute Gasteiger partial charge is 0.251 e. The number of aromatic nitrogens is 1. The predicted octanol–water partition coefficient (Wildman–Crippen LogP) is 1.63. The van der Waals surface area contributed by atoms with Crippen LogP contribution in [0.1, 0.15) is 16.8 Å². The molecule has 1 aromatic heterocycles. The number of nitrogen functional groups attached to an aromatic ring is 1. The van der Waals surface area contributed by atoms with Crippen molar-refractivity contribution in [2.24, 2.45) is 0 Å². The van der Waals surface area contributed by atoms with Crippen LogP contribution in [0.4, 0.5) is 5.69 Å². The number of β-amino-alcohol motifs (C(OH)–C–C–N with tert-alkyl or cyclic N) is 1. The number of pyridine rings is 1. The van der Waals surface area contributed by atoms with Crippen LogP contribution in [0.3, 0.4) is 0 Å². The molecule has 0 saturated carbocycles. The molecule has 1 atom stereocenters. The van der Waals surface area contributed by atoms with Crippen molar-refractivity contribution >= 4 is 36.4 Å². The molecule has 1 amide bonds. The van der Waals surface area contributed by atoms with Crippen molar-refractivity contribution < 1.29 is 9.90 Å². The summed E-state index contributed by atoms with van der Waals surface area (Å²) in [6.45, 7) is 1.53. The Labute approximate surface area is 159 Å². The van der Waals surface area contributed by atoms with Gasteiger partial charge in [0, 0.05) is 36.6 Å². The zero-order valence-electron chi connectivity index (χ0n) is 13.6. The number of anilines is 1. The van der Waals surface area contributed by atoms with Crippen LogP contribution in [0, 0.1) is 0 Å². The van der Waals surface area contributed by atoms with Crippen molar-refractivity contribution in [2.45, 2.75) is 12.0 Å². The zero-order chi connectivity index (χ0) is 16.3. The maximum Gasteiger partial charge on any atom is 0.251 e. The number of rotatable bonds is 4. The first-order valence-electron chi connectivity index (χ1n) is 7.58. The Bertz CT molecular complexity index is 704. The first kappa shape index (κ1) is 21.2. The largest absolute Gasteiger partial charge is 0.397 e. The van der Waals surface area contributed by atoms with Crippen molar-refractivity contribution in [3.8, 4) is 11.1 Å². The third-order valence-electron chi connectivity index (χ3n) is 4.04. The molecule has 25 heavy (non-hydrogen) atoms. The van der Waals surface area contributed by atoms with E-state index < -0.39 is 5.60 Å². The van der Waals surface area contributed by atoms with Gasteiger partial charge in [0.25, 0.3) is 5.91 Å². The second-order valence-corrected chi connectivity index (χ2v) is 5.92. The van der Waals surface area contributed by atoms with Crippen LogP contribution in [0.25, 0.3) is 11.1 Å². The topological polar surface area (TPSA) is 100 Å². The number of carbonyl (C=O) groups is 1. The predicted molar refractivity (Wildman–Crippen MR) is 103 cm³/mol. The van der Waals surface area contributed by atoms with Gasteiger partial charge in [0.15, 0.2) is 0 Å². The van der Waals surface area contributed by atoms with Crippen molar-refractivity contribution in [1.82, 2.24) is 15.6 Å². The van der Waals surface area contributed by atoms with Gasteiger partial charge in [-0.25, -0.2) is 0 Å². The molecule has 2 aromatic rings. The fraction of sp³-hybridized carbons (Fsp3) is 0.294. The normalized spacial score (nSPS) is 18.8. The second kappa shape index (κ2) is 9.01. The van der Waals surface area contributed by atoms with Gasteiger partial charge in [0.2, 0.25) is 0 Å². The summed E-state index contributed by atoms with van der Waals surface area (Å²) in [5, 5.41) is 16.1. The van der Waals surface area contributed by atoms with Crippen molar-refractivity contribution in [3.05, 3.63) is 48.3 Å². The lowest BCUT2D eigenvalue weighted by Gasteiger charge is -2.21. The van der Waals surface area contributed by atoms with Crippen molar-refractivity contribution in [2.75, 3.05) is 25.4 Å². The summed E-state index contributed by atoms with van der Waals surface area (Å²) in [5.41, 5.74) is 7.89. The molecule has 1 fully saturated rings. The number of nitrogens with zero attached hydrogens (tertiary/aromatic N) is 1. The Kier molecular flexibility index (Phi) is 7.63. The summed E-state index contributed by atoms with van der Waals surface area (Å²) in [6.07, 6.45) is 3.97. The van der Waals surface area contributed by atoms with Crippen LogP contribution in [0.15, 0.2) is 42.7 Å². The van der Waals surface area contributed by atoms with Crippen LogP contribution < -0.4 is 16.4 Å². The van der Waals surface area contributed by atoms with E-state index in [4.69, 9.17) is 5.73 Å². The molecule has 0 spiro atoms. The van der Waals surface area contributed by atoms with Crippen LogP contribution in [-0.4, -0.2) is 41.2 Å². The van der Waals surface area contributed by atoms with Crippen LogP contribution in [0.5, 0.6) is 0 Å². The second-order valence-electron chi connectivity index (χ2n) is 5.92. The first-order chi connectivity index (χ1) is 11.1. The molecule has 0 bridgehead atoms. The Balaban J connectivity index is 0.00000156. The molecule has 1 unspecified atom stereocenters. The van der Waals surface area contributed by atoms with E-state index in [2.05, 4.69) is 15.6 Å². The number of halogens is 2. The first-order valence-corrected chi connectivity index (χ1v) is 7.58. The Hall–Kier alpha value is -1.86. The van der Waals surface area contributed by atoms with Gasteiger partial charge in [-0.15, -0.1) is 24.8 Å². The standard InChI is InChI=1S/C17H20N4O2.2ClH/c18-15-7-14(8-20-9-15)12-1-3-13(4-2-12)16(22)21-11-17(23)5-6-19-10-17;;/h1-4,7-9,19,23H,5-6,10-11,18H2,(H,21,22);2*1H. The van der Waals surface area contributed by atoms with Gasteiger partial charge < -0.3 is 21.5 Å². The number of nitrogens with one attached hydrogen (secondary N) is 2. The highest BCUT2D eigenvalue weighted by molar-refractivity contribution is 5.94. The molecule has 1 aromatic carbocycles. The molecule has 136 valence electrons. The van der Waals surface area contributed by atoms with Crippen LogP contribution in [0.2, 0.25) is 0 Å². The summed E-state index contributed by atoms with van der Waals surface area (Å²) in [7, 11) is 0. The molecule has 6 nitrogen and oxygen atoms in total. The summed E-state index contributed by atoms with van der Waals surface area (Å²) in [5.74, 6) is -0.192. The molecule has 1 saturated heterocycles. The lowest BCUT2D eigenvalue weighted by atomic mass is 10.0. The number of amides is 1. The van der Waals surface area contributed by atoms with E-state index in [0.29, 0.717) is 24.2 Å². The molecule has 1 aliphatic rings. The number of nitrogens with two attached hydrogens (primary N) is 1. The van der Waals surface area contributed by atoms with Gasteiger partial charge in [0.1, 0.15) is 0 Å². The van der Waals surface area contributed by atoms with Crippen molar-refractivity contribution in [3.63, 3.8) is 0 Å². The fourth-order valence-electron chi connectivity index (χ4n) is 2.66. The van der Waals surface area contributed by atoms with Gasteiger partial charge >= 0.3 is 0 Å². The minimum Gasteiger partial charge on any atom is -0.397 e. The Morgan fingerprint density at radius 2 is 1.96 bits per heavy atom. The van der Waals surface area contributed by atoms with Crippen LogP contribution in [-0.2, 0) is 0 Å². The third kappa shape index (κ3) is 5.31. The number of hydrogen-bond donors (Lipinski definition) is 4. The third-order valence-corrected chi connectivity index (χ3v) is 4.04. The van der Waals surface area contributed by atoms with E-state index in [9.17, 15) is 9.90 Å². The maximum absolute atomic E-state index is 12.2. The van der Waals surface area contributed by atoms with Gasteiger partial charge in [-0.3, -0.25) is 9.78 Å². The van der Waals surface area contributed by atoms with Crippen LogP contribution >= 0.6 is 24.8 Å². The monoisotopic (exact) mass is 384 g/mol. The van der Waals surface area contributed by atoms with E-state index in [1.54, 1.807) is 24.5 Å². The molecule has 3 rings (SSSR count). The minimum atomic E-state index is -0.844. The average Bonchev–Trinajstić information content (AvgIpc) is 3.00. The zero-order valence-corrected chi connectivity index (χ0v) is 15.2. The van der Waals surface area contributed by atoms with Gasteiger partial charge in [0.05, 0.1) is 11.3 Å². The molecular weight excluding hydrogens is 363 g/mol. The lowest BCUT2D eigenvalue weighted by Crippen LogP contribution is -2.44. The molecule has 1 aliphatic heterocycles. The van der Waals surface area contributed by atoms with Gasteiger partial charge in [-0.1, -0.05) is 12.1 Å². The number of hydrogen-bond acceptors (Lipinski definition) is 5. The maximum atomic E-state index is 12.2. The molecular formula is C17H22Cl2N4O2. The fourth-order valence-corrected chi connectivity index (χ4v) is 2.66. The number of carbonyl (C=O) groups excluding carboxylic acids is 1. The SMILES string of the molecule is Cl.Cl.Nc1cncc(-c2ccc(C(=O)NCC3(O)CCNC3)cc2)c1. The number of aliphatic hydroxyl groups is 1. The lowest BCUT2D eigenvalue weighted by molar-refractivity contribution is 0.0562. The Morgan fingerprint density at radius 3 is 2.56 bits per heavy atom. The highest BCUT2D eigenvalue weighted by atomic mass is 35.5. The summed E-state index contributed by atoms with van der Waals surface area (Å²) in [6, 6.07) is 9.06. The minimum absolute atomic E-state index is 0. The molecule has 0 radical (unpaired) electrons. The van der Waals surface area contributed by atoms with Gasteiger partial charge in [-0.05, 0) is 36.7 Å². The summed E-state index contributed by atoms with van der Waals surface area (Å²) in [4.78, 5) is 16.2. The Morgan fingerprint density at radius 1 is 1.24 bits per heavy atom. The van der Waals surface area contributed by atoms with E-state index in [1.807, 2.05) is 18.2 Å². The molecule has 2 heterocycles.